The number of rotatable bonds is 5. The van der Waals surface area contributed by atoms with E-state index in [1.165, 1.54) is 5.56 Å². The maximum absolute atomic E-state index is 11.5. The van der Waals surface area contributed by atoms with Gasteiger partial charge in [-0.3, -0.25) is 4.79 Å². The summed E-state index contributed by atoms with van der Waals surface area (Å²) in [7, 11) is 4.10. The van der Waals surface area contributed by atoms with Crippen LogP contribution in [0.25, 0.3) is 22.3 Å². The average molecular weight is 429 g/mol. The lowest BCUT2D eigenvalue weighted by Crippen LogP contribution is -2.10. The second-order valence-electron chi connectivity index (χ2n) is 6.45. The molecule has 0 fully saturated rings. The fourth-order valence-corrected chi connectivity index (χ4v) is 3.63. The Kier molecular flexibility index (Phi) is 5.92. The van der Waals surface area contributed by atoms with Crippen LogP contribution in [0.2, 0.25) is 5.02 Å². The van der Waals surface area contributed by atoms with Gasteiger partial charge in [-0.05, 0) is 42.9 Å². The van der Waals surface area contributed by atoms with Crippen molar-refractivity contribution in [2.24, 2.45) is 0 Å². The summed E-state index contributed by atoms with van der Waals surface area (Å²) in [5.74, 6) is 0. The van der Waals surface area contributed by atoms with E-state index in [0.717, 1.165) is 39.6 Å². The Morgan fingerprint density at radius 1 is 0.923 bits per heavy atom. The van der Waals surface area contributed by atoms with Crippen LogP contribution in [-0.2, 0) is 6.54 Å². The van der Waals surface area contributed by atoms with E-state index in [1.54, 1.807) is 0 Å². The highest BCUT2D eigenvalue weighted by Gasteiger charge is 2.15. The zero-order chi connectivity index (χ0) is 18.7. The maximum Gasteiger partial charge on any atom is 0.150 e. The van der Waals surface area contributed by atoms with E-state index in [1.807, 2.05) is 50.5 Å². The quantitative estimate of drug-likeness (QED) is 0.444. The smallest absolute Gasteiger partial charge is 0.150 e. The standard InChI is InChI=1S/C22H19BrClNO/c1-25(2)13-15-3-5-16(6-4-15)20-12-9-18(14-26)21(22(20)24)17-7-10-19(23)11-8-17/h3-12,14H,13H2,1-2H3. The monoisotopic (exact) mass is 427 g/mol. The maximum atomic E-state index is 11.5. The Morgan fingerprint density at radius 3 is 2.12 bits per heavy atom. The highest BCUT2D eigenvalue weighted by atomic mass is 79.9. The van der Waals surface area contributed by atoms with E-state index in [2.05, 4.69) is 45.1 Å². The minimum atomic E-state index is 0.588. The topological polar surface area (TPSA) is 20.3 Å². The first-order valence-corrected chi connectivity index (χ1v) is 9.44. The third-order valence-corrected chi connectivity index (χ3v) is 5.12. The minimum absolute atomic E-state index is 0.588. The van der Waals surface area contributed by atoms with Crippen LogP contribution in [0.15, 0.2) is 65.1 Å². The molecule has 0 aromatic heterocycles. The Morgan fingerprint density at radius 2 is 1.54 bits per heavy atom. The van der Waals surface area contributed by atoms with E-state index in [0.29, 0.717) is 10.6 Å². The van der Waals surface area contributed by atoms with Crippen molar-refractivity contribution in [3.8, 4) is 22.3 Å². The van der Waals surface area contributed by atoms with Crippen molar-refractivity contribution in [1.29, 1.82) is 0 Å². The molecule has 0 atom stereocenters. The van der Waals surface area contributed by atoms with Crippen LogP contribution in [0.3, 0.4) is 0 Å². The van der Waals surface area contributed by atoms with Gasteiger partial charge < -0.3 is 4.90 Å². The van der Waals surface area contributed by atoms with Gasteiger partial charge in [0.1, 0.15) is 0 Å². The van der Waals surface area contributed by atoms with Crippen LogP contribution in [0.4, 0.5) is 0 Å². The Hall–Kier alpha value is -1.94. The van der Waals surface area contributed by atoms with Crippen LogP contribution in [-0.4, -0.2) is 25.3 Å². The molecule has 4 heteroatoms. The molecule has 3 rings (SSSR count). The molecule has 0 heterocycles. The molecule has 3 aromatic rings. The van der Waals surface area contributed by atoms with E-state index < -0.39 is 0 Å². The van der Waals surface area contributed by atoms with Gasteiger partial charge >= 0.3 is 0 Å². The van der Waals surface area contributed by atoms with Crippen molar-refractivity contribution in [2.75, 3.05) is 14.1 Å². The molecule has 0 aliphatic heterocycles. The lowest BCUT2D eigenvalue weighted by atomic mass is 9.94. The number of carbonyl (C=O) groups excluding carboxylic acids is 1. The van der Waals surface area contributed by atoms with Gasteiger partial charge in [-0.15, -0.1) is 0 Å². The van der Waals surface area contributed by atoms with Crippen molar-refractivity contribution in [3.05, 3.63) is 81.3 Å². The highest BCUT2D eigenvalue weighted by Crippen LogP contribution is 2.38. The third-order valence-electron chi connectivity index (χ3n) is 4.20. The van der Waals surface area contributed by atoms with E-state index in [9.17, 15) is 4.79 Å². The number of carbonyl (C=O) groups is 1. The van der Waals surface area contributed by atoms with Crippen LogP contribution < -0.4 is 0 Å². The van der Waals surface area contributed by atoms with Crippen LogP contribution in [0.1, 0.15) is 15.9 Å². The fraction of sp³-hybridized carbons (Fsp3) is 0.136. The molecule has 0 aliphatic rings. The van der Waals surface area contributed by atoms with Gasteiger partial charge in [0.25, 0.3) is 0 Å². The number of aldehydes is 1. The van der Waals surface area contributed by atoms with Gasteiger partial charge in [-0.25, -0.2) is 0 Å². The van der Waals surface area contributed by atoms with Crippen molar-refractivity contribution in [1.82, 2.24) is 4.90 Å². The molecule has 2 nitrogen and oxygen atoms in total. The second kappa shape index (κ2) is 8.17. The summed E-state index contributed by atoms with van der Waals surface area (Å²) in [4.78, 5) is 13.7. The molecular weight excluding hydrogens is 410 g/mol. The summed E-state index contributed by atoms with van der Waals surface area (Å²) in [6.45, 7) is 0.891. The molecule has 0 saturated heterocycles. The number of benzene rings is 3. The molecule has 0 spiro atoms. The van der Waals surface area contributed by atoms with Crippen molar-refractivity contribution in [3.63, 3.8) is 0 Å². The second-order valence-corrected chi connectivity index (χ2v) is 7.74. The summed E-state index contributed by atoms with van der Waals surface area (Å²) in [5.41, 5.74) is 5.48. The predicted molar refractivity (Wildman–Crippen MR) is 113 cm³/mol. The van der Waals surface area contributed by atoms with Gasteiger partial charge in [0.15, 0.2) is 6.29 Å². The largest absolute Gasteiger partial charge is 0.305 e. The number of nitrogens with zero attached hydrogens (tertiary/aromatic N) is 1. The van der Waals surface area contributed by atoms with Crippen molar-refractivity contribution >= 4 is 33.8 Å². The van der Waals surface area contributed by atoms with E-state index in [4.69, 9.17) is 11.6 Å². The molecule has 0 saturated carbocycles. The SMILES string of the molecule is CN(C)Cc1ccc(-c2ccc(C=O)c(-c3ccc(Br)cc3)c2Cl)cc1. The zero-order valence-electron chi connectivity index (χ0n) is 14.7. The summed E-state index contributed by atoms with van der Waals surface area (Å²) < 4.78 is 0.984. The molecular formula is C22H19BrClNO. The Balaban J connectivity index is 2.08. The summed E-state index contributed by atoms with van der Waals surface area (Å²) in [5, 5.41) is 0.595. The van der Waals surface area contributed by atoms with E-state index >= 15 is 0 Å². The average Bonchev–Trinajstić information content (AvgIpc) is 2.63. The summed E-state index contributed by atoms with van der Waals surface area (Å²) in [6, 6.07) is 19.9. The molecule has 0 radical (unpaired) electrons. The number of hydrogen-bond donors (Lipinski definition) is 0. The van der Waals surface area contributed by atoms with Gasteiger partial charge in [0.2, 0.25) is 0 Å². The lowest BCUT2D eigenvalue weighted by molar-refractivity contribution is 0.112. The summed E-state index contributed by atoms with van der Waals surface area (Å²) in [6.07, 6.45) is 0.854. The molecule has 0 unspecified atom stereocenters. The van der Waals surface area contributed by atoms with Gasteiger partial charge in [0, 0.05) is 27.7 Å². The predicted octanol–water partition coefficient (Wildman–Crippen LogP) is 6.31. The molecule has 26 heavy (non-hydrogen) atoms. The van der Waals surface area contributed by atoms with Crippen molar-refractivity contribution < 1.29 is 4.79 Å². The third kappa shape index (κ3) is 4.07. The fourth-order valence-electron chi connectivity index (χ4n) is 2.98. The molecule has 0 aliphatic carbocycles. The number of hydrogen-bond acceptors (Lipinski definition) is 2. The normalized spacial score (nSPS) is 11.0. The highest BCUT2D eigenvalue weighted by molar-refractivity contribution is 9.10. The van der Waals surface area contributed by atoms with Gasteiger partial charge in [-0.1, -0.05) is 76.1 Å². The van der Waals surface area contributed by atoms with Gasteiger partial charge in [-0.2, -0.15) is 0 Å². The van der Waals surface area contributed by atoms with Crippen LogP contribution >= 0.6 is 27.5 Å². The first-order valence-electron chi connectivity index (χ1n) is 8.27. The van der Waals surface area contributed by atoms with Crippen LogP contribution in [0, 0.1) is 0 Å². The van der Waals surface area contributed by atoms with E-state index in [-0.39, 0.29) is 0 Å². The van der Waals surface area contributed by atoms with Crippen LogP contribution in [0.5, 0.6) is 0 Å². The molecule has 132 valence electrons. The first kappa shape index (κ1) is 18.8. The Bertz CT molecular complexity index is 918. The molecule has 3 aromatic carbocycles. The van der Waals surface area contributed by atoms with Gasteiger partial charge in [0.05, 0.1) is 5.02 Å². The first-order chi connectivity index (χ1) is 12.5. The molecule has 0 bridgehead atoms. The molecule has 0 N–H and O–H groups in total. The Labute approximate surface area is 167 Å². The molecule has 0 amide bonds. The number of halogens is 2. The zero-order valence-corrected chi connectivity index (χ0v) is 17.0. The lowest BCUT2D eigenvalue weighted by Gasteiger charge is -2.14. The minimum Gasteiger partial charge on any atom is -0.305 e. The summed E-state index contributed by atoms with van der Waals surface area (Å²) >= 11 is 10.2. The van der Waals surface area contributed by atoms with Crippen molar-refractivity contribution in [2.45, 2.75) is 6.54 Å².